The number of hydrogen-bond acceptors (Lipinski definition) is 4. The number of rotatable bonds is 4. The van der Waals surface area contributed by atoms with E-state index >= 15 is 0 Å². The van der Waals surface area contributed by atoms with Crippen molar-refractivity contribution in [2.45, 2.75) is 18.9 Å². The van der Waals surface area contributed by atoms with Gasteiger partial charge < -0.3 is 10.3 Å². The van der Waals surface area contributed by atoms with E-state index in [-0.39, 0.29) is 5.91 Å². The molecule has 1 aliphatic heterocycles. The average Bonchev–Trinajstić information content (AvgIpc) is 3.38. The SMILES string of the molecule is Cn1cc(CN2CCC(c3c(C(N)=O)sc4ncccc34)C2)c2ccccc21. The van der Waals surface area contributed by atoms with E-state index in [4.69, 9.17) is 5.73 Å². The molecular weight excluding hydrogens is 368 g/mol. The summed E-state index contributed by atoms with van der Waals surface area (Å²) in [7, 11) is 2.10. The van der Waals surface area contributed by atoms with Crippen LogP contribution in [-0.4, -0.2) is 33.4 Å². The molecule has 0 radical (unpaired) electrons. The maximum Gasteiger partial charge on any atom is 0.259 e. The average molecular weight is 391 g/mol. The Balaban J connectivity index is 1.44. The van der Waals surface area contributed by atoms with Crippen LogP contribution in [0.25, 0.3) is 21.1 Å². The molecule has 4 aromatic rings. The number of amides is 1. The summed E-state index contributed by atoms with van der Waals surface area (Å²) in [5.74, 6) is -0.0269. The molecule has 5 rings (SSSR count). The lowest BCUT2D eigenvalue weighted by molar-refractivity contribution is 0.100. The van der Waals surface area contributed by atoms with Gasteiger partial charge in [-0.15, -0.1) is 11.3 Å². The van der Waals surface area contributed by atoms with Crippen molar-refractivity contribution in [3.05, 3.63) is 64.8 Å². The Labute approximate surface area is 167 Å². The van der Waals surface area contributed by atoms with E-state index in [1.807, 2.05) is 6.07 Å². The van der Waals surface area contributed by atoms with Crippen LogP contribution in [0.1, 0.15) is 33.1 Å². The van der Waals surface area contributed by atoms with Crippen molar-refractivity contribution in [3.63, 3.8) is 0 Å². The largest absolute Gasteiger partial charge is 0.365 e. The first-order chi connectivity index (χ1) is 13.6. The van der Waals surface area contributed by atoms with Crippen LogP contribution in [0.3, 0.4) is 0 Å². The fourth-order valence-electron chi connectivity index (χ4n) is 4.54. The van der Waals surface area contributed by atoms with Crippen molar-refractivity contribution < 1.29 is 4.79 Å². The van der Waals surface area contributed by atoms with Gasteiger partial charge in [0.2, 0.25) is 0 Å². The zero-order chi connectivity index (χ0) is 19.3. The Morgan fingerprint density at radius 1 is 1.25 bits per heavy atom. The number of aromatic nitrogens is 2. The highest BCUT2D eigenvalue weighted by Gasteiger charge is 2.30. The predicted octanol–water partition coefficient (Wildman–Crippen LogP) is 3.88. The number of thiophene rings is 1. The minimum absolute atomic E-state index is 0.315. The first kappa shape index (κ1) is 17.4. The van der Waals surface area contributed by atoms with E-state index in [0.29, 0.717) is 10.8 Å². The normalized spacial score (nSPS) is 17.7. The first-order valence-electron chi connectivity index (χ1n) is 9.54. The molecule has 1 unspecified atom stereocenters. The molecule has 0 spiro atoms. The van der Waals surface area contributed by atoms with E-state index in [9.17, 15) is 4.79 Å². The number of hydrogen-bond donors (Lipinski definition) is 1. The van der Waals surface area contributed by atoms with Crippen LogP contribution >= 0.6 is 11.3 Å². The highest BCUT2D eigenvalue weighted by Crippen LogP contribution is 2.39. The van der Waals surface area contributed by atoms with Crippen LogP contribution in [0.15, 0.2) is 48.8 Å². The van der Waals surface area contributed by atoms with Crippen molar-refractivity contribution in [3.8, 4) is 0 Å². The summed E-state index contributed by atoms with van der Waals surface area (Å²) in [5.41, 5.74) is 9.41. The molecule has 1 fully saturated rings. The van der Waals surface area contributed by atoms with Gasteiger partial charge in [-0.25, -0.2) is 4.98 Å². The topological polar surface area (TPSA) is 64.2 Å². The Hall–Kier alpha value is -2.70. The molecule has 0 aliphatic carbocycles. The molecule has 1 aromatic carbocycles. The zero-order valence-corrected chi connectivity index (χ0v) is 16.6. The second kappa shape index (κ2) is 6.72. The van der Waals surface area contributed by atoms with Crippen LogP contribution in [0.5, 0.6) is 0 Å². The van der Waals surface area contributed by atoms with E-state index in [0.717, 1.165) is 41.8 Å². The number of carbonyl (C=O) groups excluding carboxylic acids is 1. The molecule has 1 amide bonds. The number of benzene rings is 1. The number of likely N-dealkylation sites (tertiary alicyclic amines) is 1. The summed E-state index contributed by atoms with van der Waals surface area (Å²) in [5, 5.41) is 2.40. The molecule has 4 heterocycles. The fourth-order valence-corrected chi connectivity index (χ4v) is 5.63. The van der Waals surface area contributed by atoms with Crippen LogP contribution in [-0.2, 0) is 13.6 Å². The second-order valence-corrected chi connectivity index (χ2v) is 8.57. The Kier molecular flexibility index (Phi) is 4.18. The summed E-state index contributed by atoms with van der Waals surface area (Å²) < 4.78 is 2.20. The molecule has 28 heavy (non-hydrogen) atoms. The van der Waals surface area contributed by atoms with Crippen molar-refractivity contribution in [1.29, 1.82) is 0 Å². The van der Waals surface area contributed by atoms with Crippen LogP contribution in [0, 0.1) is 0 Å². The minimum Gasteiger partial charge on any atom is -0.365 e. The summed E-state index contributed by atoms with van der Waals surface area (Å²) in [4.78, 5) is 20.5. The third kappa shape index (κ3) is 2.80. The molecule has 2 N–H and O–H groups in total. The molecule has 6 heteroatoms. The van der Waals surface area contributed by atoms with Gasteiger partial charge in [0, 0.05) is 54.7 Å². The molecule has 142 valence electrons. The molecule has 3 aromatic heterocycles. The molecule has 1 atom stereocenters. The number of carbonyl (C=O) groups is 1. The number of primary amides is 1. The summed E-state index contributed by atoms with van der Waals surface area (Å²) >= 11 is 1.42. The third-order valence-corrected chi connectivity index (χ3v) is 6.93. The van der Waals surface area contributed by atoms with Gasteiger partial charge in [-0.1, -0.05) is 24.3 Å². The van der Waals surface area contributed by atoms with E-state index in [2.05, 4.69) is 58.0 Å². The van der Waals surface area contributed by atoms with Gasteiger partial charge in [0.1, 0.15) is 4.83 Å². The monoisotopic (exact) mass is 390 g/mol. The quantitative estimate of drug-likeness (QED) is 0.575. The van der Waals surface area contributed by atoms with Gasteiger partial charge >= 0.3 is 0 Å². The first-order valence-corrected chi connectivity index (χ1v) is 10.4. The molecule has 1 aliphatic rings. The van der Waals surface area contributed by atoms with E-state index < -0.39 is 0 Å². The molecule has 1 saturated heterocycles. The highest BCUT2D eigenvalue weighted by atomic mass is 32.1. The maximum absolute atomic E-state index is 12.1. The number of nitrogens with zero attached hydrogens (tertiary/aromatic N) is 3. The third-order valence-electron chi connectivity index (χ3n) is 5.78. The van der Waals surface area contributed by atoms with Crippen molar-refractivity contribution in [1.82, 2.24) is 14.5 Å². The molecular formula is C22H22N4OS. The summed E-state index contributed by atoms with van der Waals surface area (Å²) in [6.07, 6.45) is 5.04. The standard InChI is InChI=1S/C22H22N4OS/c1-25-11-15(16-5-2-3-7-18(16)25)13-26-10-8-14(12-26)19-17-6-4-9-24-22(17)28-20(19)21(23)27/h2-7,9,11,14H,8,10,12-13H2,1H3,(H2,23,27). The van der Waals surface area contributed by atoms with Crippen molar-refractivity contribution >= 4 is 38.4 Å². The van der Waals surface area contributed by atoms with E-state index in [1.54, 1.807) is 6.20 Å². The summed E-state index contributed by atoms with van der Waals surface area (Å²) in [6, 6.07) is 12.5. The number of pyridine rings is 1. The minimum atomic E-state index is -0.342. The van der Waals surface area contributed by atoms with Gasteiger partial charge in [0.05, 0.1) is 4.88 Å². The number of para-hydroxylation sites is 1. The van der Waals surface area contributed by atoms with E-state index in [1.165, 1.54) is 27.8 Å². The second-order valence-electron chi connectivity index (χ2n) is 7.57. The number of fused-ring (bicyclic) bond motifs is 2. The molecule has 0 bridgehead atoms. The van der Waals surface area contributed by atoms with Gasteiger partial charge in [-0.2, -0.15) is 0 Å². The zero-order valence-electron chi connectivity index (χ0n) is 15.8. The lowest BCUT2D eigenvalue weighted by atomic mass is 9.95. The fraction of sp³-hybridized carbons (Fsp3) is 0.273. The van der Waals surface area contributed by atoms with Crippen molar-refractivity contribution in [2.75, 3.05) is 13.1 Å². The molecule has 0 saturated carbocycles. The maximum atomic E-state index is 12.1. The highest BCUT2D eigenvalue weighted by molar-refractivity contribution is 7.20. The van der Waals surface area contributed by atoms with Gasteiger partial charge in [0.15, 0.2) is 0 Å². The predicted molar refractivity (Wildman–Crippen MR) is 114 cm³/mol. The lowest BCUT2D eigenvalue weighted by Crippen LogP contribution is -2.20. The van der Waals surface area contributed by atoms with Crippen molar-refractivity contribution in [2.24, 2.45) is 12.8 Å². The lowest BCUT2D eigenvalue weighted by Gasteiger charge is -2.16. The number of aryl methyl sites for hydroxylation is 1. The Morgan fingerprint density at radius 3 is 2.93 bits per heavy atom. The van der Waals surface area contributed by atoms with Crippen LogP contribution < -0.4 is 5.73 Å². The Bertz CT molecular complexity index is 1190. The van der Waals surface area contributed by atoms with Crippen LogP contribution in [0.2, 0.25) is 0 Å². The van der Waals surface area contributed by atoms with Gasteiger partial charge in [-0.3, -0.25) is 9.69 Å². The summed E-state index contributed by atoms with van der Waals surface area (Å²) in [6.45, 7) is 2.87. The number of nitrogens with two attached hydrogens (primary N) is 1. The molecule has 5 nitrogen and oxygen atoms in total. The smallest absolute Gasteiger partial charge is 0.259 e. The van der Waals surface area contributed by atoms with Gasteiger partial charge in [-0.05, 0) is 36.2 Å². The Morgan fingerprint density at radius 2 is 2.07 bits per heavy atom. The van der Waals surface area contributed by atoms with Gasteiger partial charge in [0.25, 0.3) is 5.91 Å². The van der Waals surface area contributed by atoms with Crippen LogP contribution in [0.4, 0.5) is 0 Å².